The summed E-state index contributed by atoms with van der Waals surface area (Å²) in [6.45, 7) is 0.915. The number of hydrogen-bond acceptors (Lipinski definition) is 3. The lowest BCUT2D eigenvalue weighted by Crippen LogP contribution is -2.30. The molecule has 2 aromatic rings. The summed E-state index contributed by atoms with van der Waals surface area (Å²) in [5.74, 6) is 0.950. The van der Waals surface area contributed by atoms with Crippen LogP contribution in [0.25, 0.3) is 11.0 Å². The quantitative estimate of drug-likeness (QED) is 0.693. The highest BCUT2D eigenvalue weighted by Crippen LogP contribution is 2.35. The third-order valence-electron chi connectivity index (χ3n) is 2.98. The topological polar surface area (TPSA) is 30.3 Å². The van der Waals surface area contributed by atoms with Gasteiger partial charge < -0.3 is 9.40 Å². The van der Waals surface area contributed by atoms with E-state index in [9.17, 15) is 0 Å². The lowest BCUT2D eigenvalue weighted by atomic mass is 10.2. The molecule has 0 amide bonds. The summed E-state index contributed by atoms with van der Waals surface area (Å²) >= 11 is 3.40. The molecule has 0 aliphatic carbocycles. The second-order valence-corrected chi connectivity index (χ2v) is 4.85. The van der Waals surface area contributed by atoms with Crippen LogP contribution in [-0.4, -0.2) is 28.2 Å². The van der Waals surface area contributed by atoms with E-state index in [1.807, 2.05) is 31.3 Å². The molecular formula is C11H12BrN3O. The molecule has 0 N–H and O–H groups in total. The highest BCUT2D eigenvalue weighted by molar-refractivity contribution is 9.10. The van der Waals surface area contributed by atoms with Gasteiger partial charge in [0.2, 0.25) is 0 Å². The molecule has 0 aromatic carbocycles. The van der Waals surface area contributed by atoms with Crippen LogP contribution in [-0.2, 0) is 13.5 Å². The Bertz CT molecular complexity index is 564. The average molecular weight is 282 g/mol. The Kier molecular flexibility index (Phi) is 2.19. The Labute approximate surface area is 102 Å². The Morgan fingerprint density at radius 3 is 3.00 bits per heavy atom. The van der Waals surface area contributed by atoms with Crippen LogP contribution in [0.2, 0.25) is 0 Å². The minimum Gasteiger partial charge on any atom is -0.404 e. The second-order valence-electron chi connectivity index (χ2n) is 4.03. The van der Waals surface area contributed by atoms with Crippen LogP contribution in [0.1, 0.15) is 5.69 Å². The molecule has 0 saturated heterocycles. The predicted molar refractivity (Wildman–Crippen MR) is 65.4 cm³/mol. The van der Waals surface area contributed by atoms with Crippen molar-refractivity contribution < 1.29 is 4.84 Å². The molecule has 2 aromatic heterocycles. The summed E-state index contributed by atoms with van der Waals surface area (Å²) in [5, 5.41) is 2.94. The zero-order valence-corrected chi connectivity index (χ0v) is 10.8. The first-order valence-corrected chi connectivity index (χ1v) is 5.99. The summed E-state index contributed by atoms with van der Waals surface area (Å²) < 4.78 is 2.97. The van der Waals surface area contributed by atoms with E-state index in [-0.39, 0.29) is 0 Å². The second kappa shape index (κ2) is 3.46. The lowest BCUT2D eigenvalue weighted by molar-refractivity contribution is -0.0415. The average Bonchev–Trinajstić information content (AvgIpc) is 2.52. The maximum atomic E-state index is 5.76. The fourth-order valence-corrected chi connectivity index (χ4v) is 2.44. The number of aromatic nitrogens is 2. The maximum Gasteiger partial charge on any atom is 0.177 e. The molecule has 0 unspecified atom stereocenters. The van der Waals surface area contributed by atoms with Gasteiger partial charge >= 0.3 is 0 Å². The molecule has 0 bridgehead atoms. The van der Waals surface area contributed by atoms with E-state index in [1.165, 1.54) is 5.69 Å². The van der Waals surface area contributed by atoms with Gasteiger partial charge in [0, 0.05) is 27.1 Å². The molecule has 5 heteroatoms. The number of rotatable bonds is 0. The number of likely N-dealkylation sites (N-methyl/N-ethyl adjacent to an activating group) is 1. The standard InChI is InChI=1S/C11H12BrN3O/c1-14-6-5-8-10(16-14)7-3-4-9(12)13-11(7)15(8)2/h3-4H,5-6H2,1-2H3. The van der Waals surface area contributed by atoms with Gasteiger partial charge in [-0.3, -0.25) is 0 Å². The highest BCUT2D eigenvalue weighted by Gasteiger charge is 2.23. The first-order chi connectivity index (χ1) is 7.66. The van der Waals surface area contributed by atoms with Gasteiger partial charge in [0.25, 0.3) is 0 Å². The number of fused-ring (bicyclic) bond motifs is 3. The van der Waals surface area contributed by atoms with Crippen molar-refractivity contribution in [1.29, 1.82) is 0 Å². The number of aryl methyl sites for hydroxylation is 1. The van der Waals surface area contributed by atoms with Crippen molar-refractivity contribution in [2.45, 2.75) is 6.42 Å². The van der Waals surface area contributed by atoms with Crippen LogP contribution >= 0.6 is 15.9 Å². The van der Waals surface area contributed by atoms with Gasteiger partial charge in [-0.1, -0.05) is 0 Å². The van der Waals surface area contributed by atoms with Gasteiger partial charge in [-0.05, 0) is 28.1 Å². The summed E-state index contributed by atoms with van der Waals surface area (Å²) in [7, 11) is 3.99. The fourth-order valence-electron chi connectivity index (χ4n) is 2.14. The van der Waals surface area contributed by atoms with Crippen molar-refractivity contribution in [1.82, 2.24) is 14.6 Å². The molecular weight excluding hydrogens is 270 g/mol. The number of hydrogen-bond donors (Lipinski definition) is 0. The Morgan fingerprint density at radius 1 is 1.38 bits per heavy atom. The number of halogens is 1. The van der Waals surface area contributed by atoms with E-state index >= 15 is 0 Å². The van der Waals surface area contributed by atoms with Crippen molar-refractivity contribution in [2.75, 3.05) is 13.6 Å². The van der Waals surface area contributed by atoms with Crippen LogP contribution in [0, 0.1) is 0 Å². The molecule has 0 radical (unpaired) electrons. The zero-order chi connectivity index (χ0) is 11.3. The smallest absolute Gasteiger partial charge is 0.177 e. The Morgan fingerprint density at radius 2 is 2.19 bits per heavy atom. The minimum absolute atomic E-state index is 0.853. The van der Waals surface area contributed by atoms with Gasteiger partial charge in [0.05, 0.1) is 11.1 Å². The number of nitrogens with zero attached hydrogens (tertiary/aromatic N) is 3. The molecule has 16 heavy (non-hydrogen) atoms. The molecule has 1 aliphatic heterocycles. The van der Waals surface area contributed by atoms with E-state index in [1.54, 1.807) is 0 Å². The van der Waals surface area contributed by atoms with Crippen molar-refractivity contribution in [3.63, 3.8) is 0 Å². The van der Waals surface area contributed by atoms with E-state index < -0.39 is 0 Å². The van der Waals surface area contributed by atoms with Crippen molar-refractivity contribution in [2.24, 2.45) is 7.05 Å². The maximum absolute atomic E-state index is 5.76. The monoisotopic (exact) mass is 281 g/mol. The van der Waals surface area contributed by atoms with Gasteiger partial charge in [0.15, 0.2) is 5.75 Å². The molecule has 0 atom stereocenters. The molecule has 84 valence electrons. The minimum atomic E-state index is 0.853. The summed E-state index contributed by atoms with van der Waals surface area (Å²) in [6, 6.07) is 3.99. The van der Waals surface area contributed by atoms with Crippen LogP contribution in [0.15, 0.2) is 16.7 Å². The SMILES string of the molecule is CN1CCc2c(c3ccc(Br)nc3n2C)O1. The van der Waals surface area contributed by atoms with E-state index in [0.29, 0.717) is 0 Å². The van der Waals surface area contributed by atoms with Crippen molar-refractivity contribution in [3.05, 3.63) is 22.4 Å². The normalized spacial score (nSPS) is 16.2. The zero-order valence-electron chi connectivity index (χ0n) is 9.20. The van der Waals surface area contributed by atoms with E-state index in [4.69, 9.17) is 4.84 Å². The van der Waals surface area contributed by atoms with Gasteiger partial charge in [-0.15, -0.1) is 5.06 Å². The summed E-state index contributed by atoms with van der Waals surface area (Å²) in [4.78, 5) is 10.2. The Balaban J connectivity index is 2.32. The van der Waals surface area contributed by atoms with E-state index in [2.05, 4.69) is 25.5 Å². The molecule has 0 fully saturated rings. The molecule has 0 saturated carbocycles. The van der Waals surface area contributed by atoms with Crippen LogP contribution < -0.4 is 4.84 Å². The molecule has 3 rings (SSSR count). The largest absolute Gasteiger partial charge is 0.404 e. The number of hydroxylamine groups is 2. The fraction of sp³-hybridized carbons (Fsp3) is 0.364. The summed E-state index contributed by atoms with van der Waals surface area (Å²) in [6.07, 6.45) is 0.996. The van der Waals surface area contributed by atoms with Gasteiger partial charge in [-0.2, -0.15) is 0 Å². The molecule has 4 nitrogen and oxygen atoms in total. The molecule has 1 aliphatic rings. The first kappa shape index (κ1) is 10.1. The lowest BCUT2D eigenvalue weighted by Gasteiger charge is -2.23. The predicted octanol–water partition coefficient (Wildman–Crippen LogP) is 2.12. The Hall–Kier alpha value is -1.07. The first-order valence-electron chi connectivity index (χ1n) is 5.19. The van der Waals surface area contributed by atoms with Crippen LogP contribution in [0.3, 0.4) is 0 Å². The third-order valence-corrected chi connectivity index (χ3v) is 3.42. The van der Waals surface area contributed by atoms with Crippen molar-refractivity contribution >= 4 is 27.0 Å². The molecule has 0 spiro atoms. The molecule has 3 heterocycles. The number of pyridine rings is 1. The third kappa shape index (κ3) is 1.35. The van der Waals surface area contributed by atoms with Gasteiger partial charge in [-0.25, -0.2) is 4.98 Å². The van der Waals surface area contributed by atoms with Crippen LogP contribution in [0.4, 0.5) is 0 Å². The summed E-state index contributed by atoms with van der Waals surface area (Å²) in [5.41, 5.74) is 2.19. The highest BCUT2D eigenvalue weighted by atomic mass is 79.9. The van der Waals surface area contributed by atoms with Crippen LogP contribution in [0.5, 0.6) is 5.75 Å². The van der Waals surface area contributed by atoms with E-state index in [0.717, 1.165) is 34.4 Å². The van der Waals surface area contributed by atoms with Crippen molar-refractivity contribution in [3.8, 4) is 5.75 Å². The van der Waals surface area contributed by atoms with Gasteiger partial charge in [0.1, 0.15) is 10.3 Å².